The van der Waals surface area contributed by atoms with Gasteiger partial charge in [0.05, 0.1) is 0 Å². The van der Waals surface area contributed by atoms with Crippen molar-refractivity contribution in [3.63, 3.8) is 0 Å². The molecule has 0 spiro atoms. The van der Waals surface area contributed by atoms with Gasteiger partial charge in [-0.1, -0.05) is 18.2 Å². The van der Waals surface area contributed by atoms with Crippen molar-refractivity contribution in [2.75, 3.05) is 0 Å². The van der Waals surface area contributed by atoms with Crippen molar-refractivity contribution in [2.24, 2.45) is 0 Å². The molecule has 0 bridgehead atoms. The van der Waals surface area contributed by atoms with Crippen molar-refractivity contribution < 1.29 is 41.8 Å². The van der Waals surface area contributed by atoms with Crippen LogP contribution in [0.25, 0.3) is 72.3 Å². The predicted molar refractivity (Wildman–Crippen MR) is 218 cm³/mol. The van der Waals surface area contributed by atoms with Gasteiger partial charge in [-0.3, -0.25) is 0 Å². The van der Waals surface area contributed by atoms with E-state index in [1.165, 1.54) is 36.4 Å². The fourth-order valence-electron chi connectivity index (χ4n) is 7.43. The number of pyridine rings is 1. The van der Waals surface area contributed by atoms with Crippen molar-refractivity contribution in [3.8, 4) is 39.4 Å². The molecule has 272 valence electrons. The van der Waals surface area contributed by atoms with Crippen molar-refractivity contribution in [2.45, 2.75) is 5.92 Å². The SMILES string of the molecule is [2H]c1c([2H])c([2H])c(-c2cccc(-c3c([2H])c([2H])c([2H])c([2H])c3[2H])c2-n2[c](=[Pt])n(-c3cccc(C(F)(F)c4ccc5c6ccccc6n(-c6ccccn6)c5c4)c3)c3ccccc32)c([2H])c1[2H]. The molecule has 0 fully saturated rings. The Labute approximate surface area is 346 Å². The number of fused-ring (bicyclic) bond motifs is 4. The number of nitrogens with zero attached hydrogens (tertiary/aromatic N) is 4. The zero-order valence-corrected chi connectivity index (χ0v) is 31.3. The second-order valence-electron chi connectivity index (χ2n) is 13.0. The quantitative estimate of drug-likeness (QED) is 0.157. The first-order chi connectivity index (χ1) is 31.6. The standard InChI is InChI=1S/C49H32F2N4.Pt/c50-49(51,37-28-29-42-41-21-7-8-24-43(41)55(46(42)32-37)47-27-11-12-30-52-47)36-19-13-20-38(31-36)53-33-54(45-26-10-9-25-44(45)53)48-39(34-15-3-1-4-16-34)22-14-23-40(48)35-17-5-2-6-18-35;/h1-32H;/i1D,2D,3D,4D,5D,6D,15D,16D,17D,18D;. The van der Waals surface area contributed by atoms with Gasteiger partial charge in [0.15, 0.2) is 0 Å². The van der Waals surface area contributed by atoms with E-state index in [9.17, 15) is 0 Å². The first-order valence-corrected chi connectivity index (χ1v) is 18.7. The molecule has 0 aliphatic heterocycles. The molecule has 4 nitrogen and oxygen atoms in total. The van der Waals surface area contributed by atoms with E-state index >= 15 is 8.78 Å². The maximum atomic E-state index is 17.2. The molecular formula is C49H32F2N4Pt. The first-order valence-electron chi connectivity index (χ1n) is 22.5. The average Bonchev–Trinajstić information content (AvgIpc) is 3.82. The minimum atomic E-state index is -3.51. The number of halogens is 2. The van der Waals surface area contributed by atoms with Crippen LogP contribution in [0.15, 0.2) is 194 Å². The molecule has 7 heteroatoms. The third-order valence-corrected chi connectivity index (χ3v) is 10.9. The molecule has 10 aromatic rings. The molecule has 7 aromatic carbocycles. The number of rotatable bonds is 7. The summed E-state index contributed by atoms with van der Waals surface area (Å²) in [6.45, 7) is 0. The Morgan fingerprint density at radius 3 is 1.79 bits per heavy atom. The monoisotopic (exact) mass is 919 g/mol. The Hall–Kier alpha value is -6.49. The fourth-order valence-corrected chi connectivity index (χ4v) is 8.53. The van der Waals surface area contributed by atoms with Crippen LogP contribution in [0.5, 0.6) is 0 Å². The van der Waals surface area contributed by atoms with Crippen molar-refractivity contribution in [3.05, 3.63) is 209 Å². The summed E-state index contributed by atoms with van der Waals surface area (Å²) in [4.78, 5) is 4.54. The van der Waals surface area contributed by atoms with E-state index in [1.54, 1.807) is 69.9 Å². The van der Waals surface area contributed by atoms with E-state index < -0.39 is 66.3 Å². The first kappa shape index (κ1) is 24.8. The van der Waals surface area contributed by atoms with Gasteiger partial charge < -0.3 is 0 Å². The topological polar surface area (TPSA) is 27.7 Å². The molecule has 0 unspecified atom stereocenters. The van der Waals surface area contributed by atoms with Crippen LogP contribution in [-0.2, 0) is 25.3 Å². The summed E-state index contributed by atoms with van der Waals surface area (Å²) in [6.07, 6.45) is 1.65. The van der Waals surface area contributed by atoms with Crippen LogP contribution in [0, 0.1) is 3.80 Å². The third kappa shape index (κ3) is 5.51. The molecular weight excluding hydrogens is 878 g/mol. The second kappa shape index (κ2) is 13.7. The summed E-state index contributed by atoms with van der Waals surface area (Å²) in [5.41, 5.74) is 2.10. The Bertz CT molecular complexity index is 3590. The van der Waals surface area contributed by atoms with Crippen LogP contribution < -0.4 is 0 Å². The number of benzene rings is 7. The Morgan fingerprint density at radius 2 is 1.11 bits per heavy atom. The number of para-hydroxylation sites is 4. The molecule has 56 heavy (non-hydrogen) atoms. The Morgan fingerprint density at radius 1 is 0.518 bits per heavy atom. The molecule has 0 aliphatic rings. The summed E-state index contributed by atoms with van der Waals surface area (Å²) in [5, 5.41) is 1.68. The summed E-state index contributed by atoms with van der Waals surface area (Å²) in [5.74, 6) is -2.93. The molecule has 3 aromatic heterocycles. The molecule has 10 rings (SSSR count). The molecule has 0 saturated heterocycles. The molecule has 0 radical (unpaired) electrons. The van der Waals surface area contributed by atoms with Gasteiger partial charge in [0, 0.05) is 6.20 Å². The van der Waals surface area contributed by atoms with Gasteiger partial charge in [-0.25, -0.2) is 0 Å². The van der Waals surface area contributed by atoms with Gasteiger partial charge in [0.2, 0.25) is 0 Å². The van der Waals surface area contributed by atoms with Crippen LogP contribution in [0.1, 0.15) is 24.8 Å². The van der Waals surface area contributed by atoms with E-state index in [0.717, 1.165) is 16.3 Å². The molecule has 3 heterocycles. The van der Waals surface area contributed by atoms with Crippen LogP contribution in [-0.4, -0.2) is 18.7 Å². The van der Waals surface area contributed by atoms with Gasteiger partial charge in [-0.05, 0) is 6.07 Å². The summed E-state index contributed by atoms with van der Waals surface area (Å²) in [7, 11) is 0. The molecule has 0 amide bonds. The van der Waals surface area contributed by atoms with Gasteiger partial charge in [0.25, 0.3) is 0 Å². The minimum absolute atomic E-state index is 0.0984. The number of aromatic nitrogens is 4. The van der Waals surface area contributed by atoms with Crippen LogP contribution in [0.4, 0.5) is 8.78 Å². The van der Waals surface area contributed by atoms with Crippen molar-refractivity contribution in [1.82, 2.24) is 18.7 Å². The summed E-state index contributed by atoms with van der Waals surface area (Å²) >= 11 is 2.02. The number of hydrogen-bond acceptors (Lipinski definition) is 1. The van der Waals surface area contributed by atoms with Gasteiger partial charge in [-0.2, -0.15) is 0 Å². The van der Waals surface area contributed by atoms with E-state index in [2.05, 4.69) is 4.98 Å². The molecule has 0 saturated carbocycles. The zero-order valence-electron chi connectivity index (χ0n) is 39.1. The number of alkyl halides is 2. The van der Waals surface area contributed by atoms with Crippen molar-refractivity contribution in [1.29, 1.82) is 0 Å². The van der Waals surface area contributed by atoms with E-state index in [0.29, 0.717) is 31.9 Å². The van der Waals surface area contributed by atoms with Gasteiger partial charge >= 0.3 is 317 Å². The normalized spacial score (nSPS) is 14.4. The van der Waals surface area contributed by atoms with E-state index in [-0.39, 0.29) is 39.1 Å². The van der Waals surface area contributed by atoms with E-state index in [4.69, 9.17) is 13.7 Å². The maximum absolute atomic E-state index is 17.2. The third-order valence-electron chi connectivity index (χ3n) is 9.88. The molecule has 0 aliphatic carbocycles. The number of imidazole rings is 1. The van der Waals surface area contributed by atoms with Crippen molar-refractivity contribution >= 4 is 32.8 Å². The Balaban J connectivity index is 1.22. The second-order valence-corrected chi connectivity index (χ2v) is 14.0. The summed E-state index contributed by atoms with van der Waals surface area (Å²) in [6, 6.07) is 29.7. The van der Waals surface area contributed by atoms with E-state index in [1.807, 2.05) is 60.3 Å². The van der Waals surface area contributed by atoms with Crippen LogP contribution in [0.2, 0.25) is 0 Å². The predicted octanol–water partition coefficient (Wildman–Crippen LogP) is 12.5. The van der Waals surface area contributed by atoms with Gasteiger partial charge in [-0.15, -0.1) is 0 Å². The van der Waals surface area contributed by atoms with Gasteiger partial charge in [0.1, 0.15) is 0 Å². The fraction of sp³-hybridized carbons (Fsp3) is 0.0204. The molecule has 0 N–H and O–H groups in total. The van der Waals surface area contributed by atoms with Crippen LogP contribution in [0.3, 0.4) is 0 Å². The Kier molecular flexibility index (Phi) is 6.06. The number of hydrogen-bond donors (Lipinski definition) is 0. The molecule has 0 atom stereocenters. The van der Waals surface area contributed by atoms with Crippen LogP contribution >= 0.6 is 0 Å². The summed E-state index contributed by atoms with van der Waals surface area (Å²) < 4.78 is 127. The average molecular weight is 920 g/mol. The zero-order chi connectivity index (χ0) is 46.5.